The number of aromatic nitrogens is 1. The van der Waals surface area contributed by atoms with Crippen molar-refractivity contribution in [3.05, 3.63) is 99.9 Å². The molecule has 0 radical (unpaired) electrons. The molecule has 0 amide bonds. The quantitative estimate of drug-likeness (QED) is 0.428. The number of hydrogen-bond donors (Lipinski definition) is 1. The number of nitrogens with one attached hydrogen (secondary N) is 1. The first kappa shape index (κ1) is 30.9. The number of carbonyl (C=O) groups is 2. The van der Waals surface area contributed by atoms with E-state index in [1.54, 1.807) is 38.3 Å². The molecule has 5 nitrogen and oxygen atoms in total. The molecule has 1 atom stereocenters. The average Bonchev–Trinajstić information content (AvgIpc) is 3.36. The van der Waals surface area contributed by atoms with Gasteiger partial charge in [-0.1, -0.05) is 58.1 Å². The molecule has 1 unspecified atom stereocenters. The molecule has 198 valence electrons. The number of nitriles is 1. The molecule has 0 aliphatic heterocycles. The van der Waals surface area contributed by atoms with Crippen molar-refractivity contribution in [3.63, 3.8) is 0 Å². The maximum atomic E-state index is 14.4. The topological polar surface area (TPSA) is 82.8 Å². The number of rotatable bonds is 4. The Balaban J connectivity index is 0. The first-order valence-corrected chi connectivity index (χ1v) is 12.1. The highest BCUT2D eigenvalue weighted by atomic mass is 19.1. The van der Waals surface area contributed by atoms with Crippen LogP contribution in [-0.4, -0.2) is 24.1 Å². The minimum atomic E-state index is -0.611. The average molecular weight is 510 g/mol. The molecule has 0 fully saturated rings. The van der Waals surface area contributed by atoms with E-state index in [4.69, 9.17) is 5.26 Å². The monoisotopic (exact) mass is 509 g/mol. The van der Waals surface area contributed by atoms with Crippen molar-refractivity contribution >= 4 is 23.3 Å². The Kier molecular flexibility index (Phi) is 12.5. The van der Waals surface area contributed by atoms with Crippen LogP contribution in [0.4, 0.5) is 14.5 Å². The van der Waals surface area contributed by atoms with E-state index in [1.807, 2.05) is 39.8 Å². The second-order valence-electron chi connectivity index (χ2n) is 7.43. The molecule has 1 heterocycles. The third kappa shape index (κ3) is 7.40. The zero-order chi connectivity index (χ0) is 28.1. The number of aryl methyl sites for hydroxylation is 1. The molecule has 0 saturated heterocycles. The second-order valence-corrected chi connectivity index (χ2v) is 7.43. The third-order valence-corrected chi connectivity index (χ3v) is 5.35. The van der Waals surface area contributed by atoms with E-state index in [2.05, 4.69) is 10.3 Å². The van der Waals surface area contributed by atoms with E-state index >= 15 is 0 Å². The lowest BCUT2D eigenvalue weighted by molar-refractivity contribution is -0.113. The van der Waals surface area contributed by atoms with Crippen LogP contribution in [0.25, 0.3) is 5.57 Å². The molecule has 0 spiro atoms. The molecular formula is C30H37F2N3O2. The van der Waals surface area contributed by atoms with Crippen LogP contribution in [0, 0.1) is 35.8 Å². The maximum Gasteiger partial charge on any atom is 0.160 e. The summed E-state index contributed by atoms with van der Waals surface area (Å²) in [5.41, 5.74) is 3.75. The van der Waals surface area contributed by atoms with Crippen LogP contribution in [0.5, 0.6) is 0 Å². The normalized spacial score (nSPS) is 14.4. The summed E-state index contributed by atoms with van der Waals surface area (Å²) >= 11 is 0. The SMILES string of the molecule is CC.CC.CNc1ccc(F)c(C2=CC3C=CC(C(C)=O)=C3C=C2)c1F.Cc1ncc(C#N)cc1C=O.[HH].[HH]. The minimum Gasteiger partial charge on any atom is -0.386 e. The Bertz CT molecular complexity index is 1310. The lowest BCUT2D eigenvalue weighted by Crippen LogP contribution is -2.06. The van der Waals surface area contributed by atoms with Crippen LogP contribution >= 0.6 is 0 Å². The van der Waals surface area contributed by atoms with Gasteiger partial charge < -0.3 is 5.32 Å². The number of pyridine rings is 1. The highest BCUT2D eigenvalue weighted by molar-refractivity contribution is 5.99. The van der Waals surface area contributed by atoms with Crippen molar-refractivity contribution in [2.45, 2.75) is 41.5 Å². The number of aldehydes is 1. The summed E-state index contributed by atoms with van der Waals surface area (Å²) in [7, 11) is 1.59. The first-order chi connectivity index (χ1) is 17.8. The van der Waals surface area contributed by atoms with Gasteiger partial charge in [0, 0.05) is 38.8 Å². The van der Waals surface area contributed by atoms with E-state index in [9.17, 15) is 18.4 Å². The van der Waals surface area contributed by atoms with Gasteiger partial charge >= 0.3 is 0 Å². The van der Waals surface area contributed by atoms with Crippen molar-refractivity contribution in [1.82, 2.24) is 4.98 Å². The van der Waals surface area contributed by atoms with Gasteiger partial charge in [-0.25, -0.2) is 8.78 Å². The molecule has 1 aromatic carbocycles. The van der Waals surface area contributed by atoms with Gasteiger partial charge in [-0.3, -0.25) is 14.6 Å². The van der Waals surface area contributed by atoms with Crippen molar-refractivity contribution in [2.24, 2.45) is 5.92 Å². The van der Waals surface area contributed by atoms with E-state index in [1.165, 1.54) is 31.3 Å². The number of nitrogens with zero attached hydrogens (tertiary/aromatic N) is 2. The molecule has 1 aromatic heterocycles. The van der Waals surface area contributed by atoms with Crippen LogP contribution in [0.1, 0.15) is 64.7 Å². The molecule has 37 heavy (non-hydrogen) atoms. The Hall–Kier alpha value is -4.18. The largest absolute Gasteiger partial charge is 0.386 e. The van der Waals surface area contributed by atoms with Crippen molar-refractivity contribution in [1.29, 1.82) is 5.26 Å². The highest BCUT2D eigenvalue weighted by Crippen LogP contribution is 2.37. The Morgan fingerprint density at radius 3 is 2.41 bits per heavy atom. The van der Waals surface area contributed by atoms with Gasteiger partial charge in [-0.2, -0.15) is 5.26 Å². The summed E-state index contributed by atoms with van der Waals surface area (Å²) in [6, 6.07) is 6.05. The van der Waals surface area contributed by atoms with Gasteiger partial charge in [-0.15, -0.1) is 0 Å². The van der Waals surface area contributed by atoms with E-state index in [-0.39, 0.29) is 25.8 Å². The van der Waals surface area contributed by atoms with Gasteiger partial charge in [0.25, 0.3) is 0 Å². The predicted molar refractivity (Wildman–Crippen MR) is 149 cm³/mol. The number of anilines is 1. The lowest BCUT2D eigenvalue weighted by atomic mass is 9.88. The number of Topliss-reactive ketones (excluding diaryl/α,β-unsaturated/α-hetero) is 1. The van der Waals surface area contributed by atoms with Gasteiger partial charge in [0.15, 0.2) is 17.9 Å². The maximum absolute atomic E-state index is 14.4. The Morgan fingerprint density at radius 2 is 1.84 bits per heavy atom. The summed E-state index contributed by atoms with van der Waals surface area (Å²) in [5, 5.41) is 11.2. The molecule has 0 bridgehead atoms. The number of benzene rings is 1. The van der Waals surface area contributed by atoms with Crippen LogP contribution in [0.2, 0.25) is 0 Å². The molecular weight excluding hydrogens is 472 g/mol. The summed E-state index contributed by atoms with van der Waals surface area (Å²) in [5.74, 6) is -1.34. The Morgan fingerprint density at radius 1 is 1.16 bits per heavy atom. The standard InChI is InChI=1S/C18H15F2NO.C8H6N2O.2C2H6.2H2/c1-10(22)13-5-3-11-9-12(4-6-14(11)13)17-15(19)7-8-16(21-2)18(17)20;1-6-8(5-11)2-7(3-9)4-10-6;2*1-2;;/h3-9,11,21H,1-2H3;2,4-5H,1H3;2*1-2H3;2*1H. The summed E-state index contributed by atoms with van der Waals surface area (Å²) in [6.07, 6.45) is 11.0. The van der Waals surface area contributed by atoms with Crippen molar-refractivity contribution < 1.29 is 21.2 Å². The number of fused-ring (bicyclic) bond motifs is 1. The van der Waals surface area contributed by atoms with Gasteiger partial charge in [0.2, 0.25) is 0 Å². The lowest BCUT2D eigenvalue weighted by Gasteiger charge is -2.17. The molecule has 4 rings (SSSR count). The van der Waals surface area contributed by atoms with Crippen LogP contribution < -0.4 is 5.32 Å². The fourth-order valence-corrected chi connectivity index (χ4v) is 3.58. The summed E-state index contributed by atoms with van der Waals surface area (Å²) in [6.45, 7) is 11.2. The van der Waals surface area contributed by atoms with Crippen molar-refractivity contribution in [3.8, 4) is 6.07 Å². The van der Waals surface area contributed by atoms with Gasteiger partial charge in [0.05, 0.1) is 16.8 Å². The zero-order valence-electron chi connectivity index (χ0n) is 22.3. The number of carbonyl (C=O) groups excluding carboxylic acids is 2. The molecule has 1 N–H and O–H groups in total. The van der Waals surface area contributed by atoms with Crippen LogP contribution in [-0.2, 0) is 4.79 Å². The molecule has 2 aliphatic rings. The molecule has 7 heteroatoms. The fourth-order valence-electron chi connectivity index (χ4n) is 3.58. The first-order valence-electron chi connectivity index (χ1n) is 12.1. The van der Waals surface area contributed by atoms with Crippen LogP contribution in [0.3, 0.4) is 0 Å². The Labute approximate surface area is 220 Å². The number of hydrogen-bond acceptors (Lipinski definition) is 5. The molecule has 2 aromatic rings. The van der Waals surface area contributed by atoms with Gasteiger partial charge in [-0.05, 0) is 43.2 Å². The molecule has 0 saturated carbocycles. The fraction of sp³-hybridized carbons (Fsp3) is 0.267. The summed E-state index contributed by atoms with van der Waals surface area (Å²) in [4.78, 5) is 25.8. The third-order valence-electron chi connectivity index (χ3n) is 5.35. The minimum absolute atomic E-state index is 0. The molecule has 2 aliphatic carbocycles. The van der Waals surface area contributed by atoms with E-state index in [0.717, 1.165) is 5.57 Å². The highest BCUT2D eigenvalue weighted by Gasteiger charge is 2.25. The number of halogens is 2. The summed E-state index contributed by atoms with van der Waals surface area (Å²) < 4.78 is 28.5. The number of allylic oxidation sites excluding steroid dienone is 8. The van der Waals surface area contributed by atoms with Crippen LogP contribution in [0.15, 0.2) is 65.9 Å². The van der Waals surface area contributed by atoms with E-state index < -0.39 is 11.6 Å². The van der Waals surface area contributed by atoms with Gasteiger partial charge in [0.1, 0.15) is 11.9 Å². The number of ketones is 1. The smallest absolute Gasteiger partial charge is 0.160 e. The van der Waals surface area contributed by atoms with E-state index in [0.29, 0.717) is 34.3 Å². The predicted octanol–water partition coefficient (Wildman–Crippen LogP) is 7.65. The second kappa shape index (κ2) is 15.0. The van der Waals surface area contributed by atoms with Crippen molar-refractivity contribution in [2.75, 3.05) is 12.4 Å². The zero-order valence-corrected chi connectivity index (χ0v) is 22.3.